The molecule has 2 aromatic rings. The Balaban J connectivity index is 1.87. The molecular formula is C19H24N4O3. The number of nitrogens with one attached hydrogen (secondary N) is 1. The summed E-state index contributed by atoms with van der Waals surface area (Å²) in [5.74, 6) is -0.391. The van der Waals surface area contributed by atoms with Gasteiger partial charge in [-0.1, -0.05) is 30.3 Å². The molecule has 0 atom stereocenters. The number of carbonyl (C=O) groups is 1. The lowest BCUT2D eigenvalue weighted by atomic mass is 10.1. The number of nitrogens with zero attached hydrogens (tertiary/aromatic N) is 2. The number of rotatable bonds is 7. The Labute approximate surface area is 151 Å². The van der Waals surface area contributed by atoms with E-state index in [9.17, 15) is 14.4 Å². The Morgan fingerprint density at radius 1 is 1.27 bits per heavy atom. The highest BCUT2D eigenvalue weighted by molar-refractivity contribution is 6.01. The number of nitrogens with two attached hydrogens (primary N) is 1. The van der Waals surface area contributed by atoms with E-state index in [2.05, 4.69) is 4.98 Å². The van der Waals surface area contributed by atoms with E-state index in [0.717, 1.165) is 18.4 Å². The van der Waals surface area contributed by atoms with Crippen molar-refractivity contribution in [1.82, 2.24) is 14.5 Å². The van der Waals surface area contributed by atoms with Gasteiger partial charge in [0, 0.05) is 18.6 Å². The molecule has 1 aliphatic carbocycles. The van der Waals surface area contributed by atoms with E-state index in [-0.39, 0.29) is 35.8 Å². The number of H-pyrrole nitrogens is 1. The fourth-order valence-electron chi connectivity index (χ4n) is 3.03. The Bertz CT molecular complexity index is 911. The van der Waals surface area contributed by atoms with Crippen LogP contribution in [0.25, 0.3) is 0 Å². The quantitative estimate of drug-likeness (QED) is 0.733. The zero-order valence-corrected chi connectivity index (χ0v) is 15.1. The molecule has 0 spiro atoms. The predicted molar refractivity (Wildman–Crippen MR) is 100 cm³/mol. The van der Waals surface area contributed by atoms with E-state index in [1.165, 1.54) is 4.57 Å². The van der Waals surface area contributed by atoms with Gasteiger partial charge in [-0.25, -0.2) is 4.79 Å². The van der Waals surface area contributed by atoms with Gasteiger partial charge < -0.3 is 5.73 Å². The van der Waals surface area contributed by atoms with Crippen molar-refractivity contribution in [3.05, 3.63) is 62.3 Å². The molecule has 1 aromatic heterocycles. The Kier molecular flexibility index (Phi) is 5.08. The molecule has 0 saturated heterocycles. The molecule has 0 bridgehead atoms. The van der Waals surface area contributed by atoms with Crippen molar-refractivity contribution >= 4 is 11.6 Å². The summed E-state index contributed by atoms with van der Waals surface area (Å²) in [6, 6.07) is 9.91. The van der Waals surface area contributed by atoms with Crippen molar-refractivity contribution in [1.29, 1.82) is 0 Å². The Morgan fingerprint density at radius 2 is 1.92 bits per heavy atom. The van der Waals surface area contributed by atoms with Crippen LogP contribution >= 0.6 is 0 Å². The number of hydrogen-bond acceptors (Lipinski definition) is 5. The van der Waals surface area contributed by atoms with E-state index in [1.54, 1.807) is 0 Å². The Morgan fingerprint density at radius 3 is 2.50 bits per heavy atom. The molecule has 1 heterocycles. The average Bonchev–Trinajstić information content (AvgIpc) is 3.39. The number of nitrogen functional groups attached to an aromatic ring is 1. The van der Waals surface area contributed by atoms with Gasteiger partial charge in [-0.05, 0) is 32.3 Å². The van der Waals surface area contributed by atoms with Crippen LogP contribution in [0.15, 0.2) is 39.9 Å². The molecule has 26 heavy (non-hydrogen) atoms. The third kappa shape index (κ3) is 3.77. The predicted octanol–water partition coefficient (Wildman–Crippen LogP) is 1.55. The number of carbonyl (C=O) groups excluding carboxylic acids is 1. The van der Waals surface area contributed by atoms with Gasteiger partial charge in [0.1, 0.15) is 11.4 Å². The fraction of sp³-hybridized carbons (Fsp3) is 0.421. The van der Waals surface area contributed by atoms with E-state index in [0.29, 0.717) is 6.54 Å². The summed E-state index contributed by atoms with van der Waals surface area (Å²) >= 11 is 0. The van der Waals surface area contributed by atoms with Crippen molar-refractivity contribution < 1.29 is 4.79 Å². The normalized spacial score (nSPS) is 14.2. The lowest BCUT2D eigenvalue weighted by molar-refractivity contribution is 0.0896. The second kappa shape index (κ2) is 7.29. The first-order valence-electron chi connectivity index (χ1n) is 8.84. The van der Waals surface area contributed by atoms with Crippen LogP contribution in [0.2, 0.25) is 0 Å². The average molecular weight is 356 g/mol. The third-order valence-electron chi connectivity index (χ3n) is 4.68. The second-order valence-corrected chi connectivity index (χ2v) is 7.03. The van der Waals surface area contributed by atoms with Crippen LogP contribution in [0, 0.1) is 0 Å². The molecule has 0 amide bonds. The molecule has 0 radical (unpaired) electrons. The maximum atomic E-state index is 12.8. The highest BCUT2D eigenvalue weighted by Gasteiger charge is 2.30. The number of aromatic amines is 1. The topological polar surface area (TPSA) is 101 Å². The van der Waals surface area contributed by atoms with E-state index in [4.69, 9.17) is 5.73 Å². The van der Waals surface area contributed by atoms with E-state index < -0.39 is 11.2 Å². The van der Waals surface area contributed by atoms with Crippen LogP contribution in [0.1, 0.15) is 48.7 Å². The summed E-state index contributed by atoms with van der Waals surface area (Å²) in [6.45, 7) is 4.64. The van der Waals surface area contributed by atoms with Gasteiger partial charge in [-0.3, -0.25) is 24.0 Å². The molecule has 1 fully saturated rings. The SMILES string of the molecule is CC(C)N(CC(=O)c1c(N)n(C2CC2)c(=O)[nH]c1=O)Cc1ccccc1. The number of ketones is 1. The summed E-state index contributed by atoms with van der Waals surface area (Å²) in [5.41, 5.74) is 5.75. The van der Waals surface area contributed by atoms with Crippen molar-refractivity contribution in [3.8, 4) is 0 Å². The number of hydrogen-bond donors (Lipinski definition) is 2. The minimum absolute atomic E-state index is 0.0172. The van der Waals surface area contributed by atoms with Crippen LogP contribution < -0.4 is 17.0 Å². The van der Waals surface area contributed by atoms with Crippen LogP contribution in [0.5, 0.6) is 0 Å². The highest BCUT2D eigenvalue weighted by Crippen LogP contribution is 2.35. The smallest absolute Gasteiger partial charge is 0.330 e. The van der Waals surface area contributed by atoms with Gasteiger partial charge in [0.2, 0.25) is 0 Å². The zero-order valence-electron chi connectivity index (χ0n) is 15.1. The Hall–Kier alpha value is -2.67. The van der Waals surface area contributed by atoms with E-state index >= 15 is 0 Å². The molecular weight excluding hydrogens is 332 g/mol. The standard InChI is InChI=1S/C19H24N4O3/c1-12(2)22(10-13-6-4-3-5-7-13)11-15(24)16-17(20)23(14-8-9-14)19(26)21-18(16)25/h3-7,12,14H,8-11,20H2,1-2H3,(H,21,25,26). The number of Topliss-reactive ketones (excluding diaryl/α,β-unsaturated/α-hetero) is 1. The van der Waals surface area contributed by atoms with Crippen LogP contribution in [0.4, 0.5) is 5.82 Å². The minimum atomic E-state index is -0.710. The first-order chi connectivity index (χ1) is 12.4. The van der Waals surface area contributed by atoms with Gasteiger partial charge in [-0.2, -0.15) is 0 Å². The van der Waals surface area contributed by atoms with Gasteiger partial charge in [0.25, 0.3) is 5.56 Å². The summed E-state index contributed by atoms with van der Waals surface area (Å²) in [7, 11) is 0. The second-order valence-electron chi connectivity index (χ2n) is 7.03. The van der Waals surface area contributed by atoms with Gasteiger partial charge in [0.05, 0.1) is 6.54 Å². The van der Waals surface area contributed by atoms with Crippen molar-refractivity contribution in [2.45, 2.75) is 45.3 Å². The first-order valence-corrected chi connectivity index (χ1v) is 8.84. The van der Waals surface area contributed by atoms with Crippen LogP contribution in [-0.2, 0) is 6.54 Å². The highest BCUT2D eigenvalue weighted by atomic mass is 16.2. The molecule has 0 aliphatic heterocycles. The fourth-order valence-corrected chi connectivity index (χ4v) is 3.03. The van der Waals surface area contributed by atoms with Crippen molar-refractivity contribution in [3.63, 3.8) is 0 Å². The molecule has 7 nitrogen and oxygen atoms in total. The molecule has 0 unspecified atom stereocenters. The van der Waals surface area contributed by atoms with Crippen molar-refractivity contribution in [2.75, 3.05) is 12.3 Å². The third-order valence-corrected chi connectivity index (χ3v) is 4.68. The van der Waals surface area contributed by atoms with Gasteiger partial charge in [0.15, 0.2) is 5.78 Å². The first kappa shape index (κ1) is 18.1. The van der Waals surface area contributed by atoms with Gasteiger partial charge in [-0.15, -0.1) is 0 Å². The van der Waals surface area contributed by atoms with Crippen LogP contribution in [-0.4, -0.2) is 32.8 Å². The lowest BCUT2D eigenvalue weighted by Crippen LogP contribution is -2.40. The molecule has 1 aromatic carbocycles. The largest absolute Gasteiger partial charge is 0.384 e. The van der Waals surface area contributed by atoms with Crippen LogP contribution in [0.3, 0.4) is 0 Å². The number of anilines is 1. The summed E-state index contributed by atoms with van der Waals surface area (Å²) < 4.78 is 1.34. The molecule has 138 valence electrons. The zero-order chi connectivity index (χ0) is 18.8. The number of benzene rings is 1. The number of aromatic nitrogens is 2. The molecule has 1 aliphatic rings. The summed E-state index contributed by atoms with van der Waals surface area (Å²) in [6.07, 6.45) is 1.66. The molecule has 1 saturated carbocycles. The monoisotopic (exact) mass is 356 g/mol. The van der Waals surface area contributed by atoms with Crippen molar-refractivity contribution in [2.24, 2.45) is 0 Å². The molecule has 3 rings (SSSR count). The maximum Gasteiger partial charge on any atom is 0.330 e. The van der Waals surface area contributed by atoms with Gasteiger partial charge >= 0.3 is 5.69 Å². The molecule has 3 N–H and O–H groups in total. The van der Waals surface area contributed by atoms with E-state index in [1.807, 2.05) is 49.1 Å². The summed E-state index contributed by atoms with van der Waals surface area (Å²) in [5, 5.41) is 0. The lowest BCUT2D eigenvalue weighted by Gasteiger charge is -2.26. The molecule has 7 heteroatoms. The summed E-state index contributed by atoms with van der Waals surface area (Å²) in [4.78, 5) is 41.3. The minimum Gasteiger partial charge on any atom is -0.384 e. The maximum absolute atomic E-state index is 12.8.